The van der Waals surface area contributed by atoms with Crippen molar-refractivity contribution in [2.75, 3.05) is 7.05 Å². The van der Waals surface area contributed by atoms with Crippen LogP contribution in [0.15, 0.2) is 0 Å². The van der Waals surface area contributed by atoms with Crippen molar-refractivity contribution >= 4 is 17.1 Å². The van der Waals surface area contributed by atoms with Crippen LogP contribution in [0.1, 0.15) is 20.4 Å². The Morgan fingerprint density at radius 2 is 2.13 bits per heavy atom. The largest absolute Gasteiger partial charge is 0.457 e. The van der Waals surface area contributed by atoms with Crippen molar-refractivity contribution in [2.45, 2.75) is 19.6 Å². The summed E-state index contributed by atoms with van der Waals surface area (Å²) in [5, 5.41) is 2.30. The first-order chi connectivity index (χ1) is 6.86. The lowest BCUT2D eigenvalue weighted by Gasteiger charge is -2.00. The van der Waals surface area contributed by atoms with E-state index < -0.39 is 17.0 Å². The van der Waals surface area contributed by atoms with E-state index in [0.717, 1.165) is 11.3 Å². The number of aromatic nitrogens is 1. The predicted molar refractivity (Wildman–Crippen MR) is 50.0 cm³/mol. The zero-order valence-electron chi connectivity index (χ0n) is 8.10. The Morgan fingerprint density at radius 3 is 2.60 bits per heavy atom. The summed E-state index contributed by atoms with van der Waals surface area (Å²) >= 11 is 0.776. The van der Waals surface area contributed by atoms with Gasteiger partial charge in [-0.25, -0.2) is 4.98 Å². The highest BCUT2D eigenvalue weighted by Crippen LogP contribution is 2.26. The number of nitrogens with zero attached hydrogens (tertiary/aromatic N) is 1. The normalized spacial score (nSPS) is 11.8. The lowest BCUT2D eigenvalue weighted by molar-refractivity contribution is -0.0885. The molecule has 1 aromatic heterocycles. The van der Waals surface area contributed by atoms with Gasteiger partial charge < -0.3 is 5.32 Å². The summed E-state index contributed by atoms with van der Waals surface area (Å²) in [6.45, 7) is 1.99. The zero-order valence-corrected chi connectivity index (χ0v) is 8.92. The number of halogens is 3. The molecule has 0 aliphatic rings. The molecule has 0 spiro atoms. The van der Waals surface area contributed by atoms with Crippen LogP contribution in [0.25, 0.3) is 0 Å². The molecule has 0 bridgehead atoms. The summed E-state index contributed by atoms with van der Waals surface area (Å²) < 4.78 is 36.2. The molecule has 1 rings (SSSR count). The van der Waals surface area contributed by atoms with E-state index in [9.17, 15) is 18.0 Å². The predicted octanol–water partition coefficient (Wildman–Crippen LogP) is 1.92. The Kier molecular flexibility index (Phi) is 3.46. The van der Waals surface area contributed by atoms with E-state index in [2.05, 4.69) is 10.3 Å². The number of nitrogens with one attached hydrogen (secondary N) is 1. The number of carbonyl (C=O) groups excluding carboxylic acids is 1. The molecule has 1 N–H and O–H groups in total. The van der Waals surface area contributed by atoms with Crippen molar-refractivity contribution in [3.8, 4) is 0 Å². The molecular formula is C8H9F3N2OS. The SMILES string of the molecule is CNCc1sc(C(=O)C(F)(F)F)nc1C. The van der Waals surface area contributed by atoms with Crippen molar-refractivity contribution in [1.82, 2.24) is 10.3 Å². The molecule has 7 heteroatoms. The summed E-state index contributed by atoms with van der Waals surface area (Å²) in [4.78, 5) is 15.1. The van der Waals surface area contributed by atoms with Gasteiger partial charge in [-0.3, -0.25) is 4.79 Å². The molecule has 0 radical (unpaired) electrons. The minimum atomic E-state index is -4.85. The third-order valence-corrected chi connectivity index (χ3v) is 2.84. The monoisotopic (exact) mass is 238 g/mol. The van der Waals surface area contributed by atoms with Gasteiger partial charge in [0.05, 0.1) is 5.69 Å². The number of thiazole rings is 1. The molecule has 0 aliphatic carbocycles. The molecule has 0 saturated carbocycles. The Morgan fingerprint density at radius 1 is 1.53 bits per heavy atom. The number of aryl methyl sites for hydroxylation is 1. The molecule has 0 aromatic carbocycles. The molecule has 0 amide bonds. The maximum atomic E-state index is 12.1. The number of carbonyl (C=O) groups is 1. The molecule has 1 aromatic rings. The van der Waals surface area contributed by atoms with E-state index in [4.69, 9.17) is 0 Å². The Labute approximate surface area is 88.3 Å². The van der Waals surface area contributed by atoms with Crippen molar-refractivity contribution < 1.29 is 18.0 Å². The minimum absolute atomic E-state index is 0.411. The fraction of sp³-hybridized carbons (Fsp3) is 0.500. The van der Waals surface area contributed by atoms with E-state index in [0.29, 0.717) is 17.1 Å². The van der Waals surface area contributed by atoms with Crippen molar-refractivity contribution in [3.05, 3.63) is 15.6 Å². The van der Waals surface area contributed by atoms with Crippen LogP contribution in [0, 0.1) is 6.92 Å². The van der Waals surface area contributed by atoms with Gasteiger partial charge in [0.25, 0.3) is 5.78 Å². The van der Waals surface area contributed by atoms with Gasteiger partial charge in [0.1, 0.15) is 0 Å². The standard InChI is InChI=1S/C8H9F3N2OS/c1-4-5(3-12-2)15-7(13-4)6(14)8(9,10)11/h12H,3H2,1-2H3. The average Bonchev–Trinajstić information content (AvgIpc) is 2.46. The fourth-order valence-corrected chi connectivity index (χ4v) is 2.01. The molecule has 15 heavy (non-hydrogen) atoms. The molecule has 1 heterocycles. The Balaban J connectivity index is 2.97. The van der Waals surface area contributed by atoms with Crippen molar-refractivity contribution in [1.29, 1.82) is 0 Å². The van der Waals surface area contributed by atoms with Crippen LogP contribution in [-0.2, 0) is 6.54 Å². The quantitative estimate of drug-likeness (QED) is 0.818. The number of alkyl halides is 3. The van der Waals surface area contributed by atoms with E-state index in [1.807, 2.05) is 0 Å². The number of rotatable bonds is 3. The Hall–Kier alpha value is -0.950. The van der Waals surface area contributed by atoms with Crippen LogP contribution < -0.4 is 5.32 Å². The first-order valence-electron chi connectivity index (χ1n) is 4.08. The van der Waals surface area contributed by atoms with Crippen LogP contribution in [0.2, 0.25) is 0 Å². The average molecular weight is 238 g/mol. The highest BCUT2D eigenvalue weighted by Gasteiger charge is 2.41. The topological polar surface area (TPSA) is 42.0 Å². The summed E-state index contributed by atoms with van der Waals surface area (Å²) in [5.74, 6) is -1.88. The Bertz CT molecular complexity index is 372. The molecule has 84 valence electrons. The molecule has 0 saturated heterocycles. The molecule has 0 aliphatic heterocycles. The number of Topliss-reactive ketones (excluding diaryl/α,β-unsaturated/α-hetero) is 1. The molecule has 0 atom stereocenters. The summed E-state index contributed by atoms with van der Waals surface area (Å²) in [5.41, 5.74) is 0.460. The van der Waals surface area contributed by atoms with E-state index in [1.165, 1.54) is 0 Å². The third kappa shape index (κ3) is 2.75. The maximum Gasteiger partial charge on any atom is 0.457 e. The zero-order chi connectivity index (χ0) is 11.6. The van der Waals surface area contributed by atoms with Gasteiger partial charge in [0.15, 0.2) is 5.01 Å². The van der Waals surface area contributed by atoms with Crippen LogP contribution in [0.5, 0.6) is 0 Å². The second-order valence-electron chi connectivity index (χ2n) is 2.88. The van der Waals surface area contributed by atoms with Crippen LogP contribution in [0.4, 0.5) is 13.2 Å². The highest BCUT2D eigenvalue weighted by atomic mass is 32.1. The second kappa shape index (κ2) is 4.28. The van der Waals surface area contributed by atoms with Crippen LogP contribution >= 0.6 is 11.3 Å². The van der Waals surface area contributed by atoms with Crippen molar-refractivity contribution in [2.24, 2.45) is 0 Å². The highest BCUT2D eigenvalue weighted by molar-refractivity contribution is 7.13. The van der Waals surface area contributed by atoms with Gasteiger partial charge in [0, 0.05) is 11.4 Å². The lowest BCUT2D eigenvalue weighted by Crippen LogP contribution is -2.22. The van der Waals surface area contributed by atoms with Crippen LogP contribution in [0.3, 0.4) is 0 Å². The van der Waals surface area contributed by atoms with E-state index in [1.54, 1.807) is 14.0 Å². The van der Waals surface area contributed by atoms with E-state index >= 15 is 0 Å². The molecule has 3 nitrogen and oxygen atoms in total. The van der Waals surface area contributed by atoms with E-state index in [-0.39, 0.29) is 0 Å². The summed E-state index contributed by atoms with van der Waals surface area (Å²) in [6.07, 6.45) is -4.85. The first kappa shape index (κ1) is 12.1. The number of hydrogen-bond donors (Lipinski definition) is 1. The van der Waals surface area contributed by atoms with Gasteiger partial charge in [-0.15, -0.1) is 11.3 Å². The molecule has 0 unspecified atom stereocenters. The third-order valence-electron chi connectivity index (χ3n) is 1.68. The first-order valence-corrected chi connectivity index (χ1v) is 4.90. The summed E-state index contributed by atoms with van der Waals surface area (Å²) in [7, 11) is 1.67. The number of hydrogen-bond acceptors (Lipinski definition) is 4. The minimum Gasteiger partial charge on any atom is -0.315 e. The molecular weight excluding hydrogens is 229 g/mol. The van der Waals surface area contributed by atoms with Gasteiger partial charge in [-0.2, -0.15) is 13.2 Å². The van der Waals surface area contributed by atoms with Crippen molar-refractivity contribution in [3.63, 3.8) is 0 Å². The number of ketones is 1. The lowest BCUT2D eigenvalue weighted by atomic mass is 10.4. The van der Waals surface area contributed by atoms with Gasteiger partial charge in [-0.05, 0) is 14.0 Å². The molecule has 0 fully saturated rings. The summed E-state index contributed by atoms with van der Waals surface area (Å²) in [6, 6.07) is 0. The second-order valence-corrected chi connectivity index (χ2v) is 3.97. The smallest absolute Gasteiger partial charge is 0.315 e. The fourth-order valence-electron chi connectivity index (χ4n) is 0.971. The van der Waals surface area contributed by atoms with Gasteiger partial charge >= 0.3 is 6.18 Å². The van der Waals surface area contributed by atoms with Gasteiger partial charge in [0.2, 0.25) is 0 Å². The van der Waals surface area contributed by atoms with Crippen LogP contribution in [-0.4, -0.2) is 24.0 Å². The maximum absolute atomic E-state index is 12.1. The van der Waals surface area contributed by atoms with Gasteiger partial charge in [-0.1, -0.05) is 0 Å².